The number of nitrogen functional groups attached to an aromatic ring is 1. The fourth-order valence-electron chi connectivity index (χ4n) is 2.88. The van der Waals surface area contributed by atoms with Crippen molar-refractivity contribution in [3.05, 3.63) is 40.1 Å². The fourth-order valence-corrected chi connectivity index (χ4v) is 3.85. The van der Waals surface area contributed by atoms with Gasteiger partial charge in [-0.2, -0.15) is 0 Å². The minimum absolute atomic E-state index is 0.390. The lowest BCUT2D eigenvalue weighted by Crippen LogP contribution is -2.33. The number of hydrogen-bond donors (Lipinski definition) is 1. The molecule has 0 radical (unpaired) electrons. The van der Waals surface area contributed by atoms with Crippen molar-refractivity contribution in [2.45, 2.75) is 26.3 Å². The molecule has 0 saturated carbocycles. The van der Waals surface area contributed by atoms with E-state index in [4.69, 9.17) is 10.5 Å². The summed E-state index contributed by atoms with van der Waals surface area (Å²) in [4.78, 5) is 3.93. The molecular formula is C16H20N2OS. The fraction of sp³-hybridized carbons (Fsp3) is 0.375. The molecule has 2 N–H and O–H groups in total. The van der Waals surface area contributed by atoms with Gasteiger partial charge in [-0.25, -0.2) is 0 Å². The second-order valence-electron chi connectivity index (χ2n) is 5.11. The van der Waals surface area contributed by atoms with Crippen LogP contribution in [0.2, 0.25) is 0 Å². The molecule has 1 aromatic heterocycles. The maximum absolute atomic E-state index is 6.01. The summed E-state index contributed by atoms with van der Waals surface area (Å²) >= 11 is 1.86. The Hall–Kier alpha value is -1.68. The van der Waals surface area contributed by atoms with Crippen molar-refractivity contribution in [2.24, 2.45) is 0 Å². The van der Waals surface area contributed by atoms with E-state index < -0.39 is 0 Å². The van der Waals surface area contributed by atoms with Gasteiger partial charge in [0.25, 0.3) is 0 Å². The van der Waals surface area contributed by atoms with E-state index in [1.807, 2.05) is 30.4 Å². The molecule has 1 unspecified atom stereocenters. The second-order valence-corrected chi connectivity index (χ2v) is 6.11. The predicted octanol–water partition coefficient (Wildman–Crippen LogP) is 3.85. The SMILES string of the molecule is CCOc1cc(N)cc(N2CCc3sccc3C2C)c1. The minimum Gasteiger partial charge on any atom is -0.494 e. The van der Waals surface area contributed by atoms with E-state index in [9.17, 15) is 0 Å². The van der Waals surface area contributed by atoms with Crippen LogP contribution in [0.15, 0.2) is 29.6 Å². The van der Waals surface area contributed by atoms with Crippen LogP contribution in [0.1, 0.15) is 30.3 Å². The van der Waals surface area contributed by atoms with Crippen molar-refractivity contribution < 1.29 is 4.74 Å². The smallest absolute Gasteiger partial charge is 0.123 e. The summed E-state index contributed by atoms with van der Waals surface area (Å²) in [6.45, 7) is 5.94. The quantitative estimate of drug-likeness (QED) is 0.872. The number of anilines is 2. The molecule has 0 bridgehead atoms. The predicted molar refractivity (Wildman–Crippen MR) is 85.8 cm³/mol. The van der Waals surface area contributed by atoms with E-state index in [2.05, 4.69) is 29.3 Å². The van der Waals surface area contributed by atoms with Gasteiger partial charge in [0.2, 0.25) is 0 Å². The molecule has 0 spiro atoms. The van der Waals surface area contributed by atoms with Crippen LogP contribution in [0.4, 0.5) is 11.4 Å². The highest BCUT2D eigenvalue weighted by Gasteiger charge is 2.25. The van der Waals surface area contributed by atoms with Crippen molar-refractivity contribution in [2.75, 3.05) is 23.8 Å². The summed E-state index contributed by atoms with van der Waals surface area (Å²) < 4.78 is 5.60. The Morgan fingerprint density at radius 1 is 1.40 bits per heavy atom. The molecule has 3 nitrogen and oxygen atoms in total. The van der Waals surface area contributed by atoms with Crippen molar-refractivity contribution in [3.8, 4) is 5.75 Å². The lowest BCUT2D eigenvalue weighted by Gasteiger charge is -2.35. The Morgan fingerprint density at radius 3 is 3.05 bits per heavy atom. The first kappa shape index (κ1) is 13.3. The first-order valence-corrected chi connectivity index (χ1v) is 7.93. The van der Waals surface area contributed by atoms with Gasteiger partial charge >= 0.3 is 0 Å². The standard InChI is InChI=1S/C16H20N2OS/c1-3-19-14-9-12(17)8-13(10-14)18-6-4-16-15(11(18)2)5-7-20-16/h5,7-11H,3-4,6,17H2,1-2H3. The molecule has 1 aliphatic heterocycles. The number of thiophene rings is 1. The number of nitrogens with zero attached hydrogens (tertiary/aromatic N) is 1. The van der Waals surface area contributed by atoms with Gasteiger partial charge in [0.15, 0.2) is 0 Å². The molecule has 0 fully saturated rings. The highest BCUT2D eigenvalue weighted by molar-refractivity contribution is 7.10. The van der Waals surface area contributed by atoms with Crippen molar-refractivity contribution in [3.63, 3.8) is 0 Å². The molecule has 1 atom stereocenters. The third kappa shape index (κ3) is 2.36. The van der Waals surface area contributed by atoms with E-state index in [0.717, 1.165) is 30.1 Å². The zero-order chi connectivity index (χ0) is 14.1. The van der Waals surface area contributed by atoms with Gasteiger partial charge in [-0.15, -0.1) is 11.3 Å². The van der Waals surface area contributed by atoms with E-state index in [1.54, 1.807) is 0 Å². The Balaban J connectivity index is 1.93. The van der Waals surface area contributed by atoms with E-state index >= 15 is 0 Å². The Kier molecular flexibility index (Phi) is 3.57. The third-order valence-electron chi connectivity index (χ3n) is 3.83. The highest BCUT2D eigenvalue weighted by Crippen LogP contribution is 2.37. The number of hydrogen-bond acceptors (Lipinski definition) is 4. The first-order chi connectivity index (χ1) is 9.69. The van der Waals surface area contributed by atoms with Gasteiger partial charge in [-0.05, 0) is 43.3 Å². The highest BCUT2D eigenvalue weighted by atomic mass is 32.1. The largest absolute Gasteiger partial charge is 0.494 e. The Labute approximate surface area is 124 Å². The van der Waals surface area contributed by atoms with Crippen LogP contribution < -0.4 is 15.4 Å². The zero-order valence-corrected chi connectivity index (χ0v) is 12.7. The van der Waals surface area contributed by atoms with Crippen molar-refractivity contribution in [1.82, 2.24) is 0 Å². The molecule has 106 valence electrons. The van der Waals surface area contributed by atoms with Gasteiger partial charge in [0.1, 0.15) is 5.75 Å². The average molecular weight is 288 g/mol. The molecule has 0 aliphatic carbocycles. The zero-order valence-electron chi connectivity index (χ0n) is 11.9. The second kappa shape index (κ2) is 5.37. The lowest BCUT2D eigenvalue weighted by molar-refractivity contribution is 0.340. The van der Waals surface area contributed by atoms with E-state index in [-0.39, 0.29) is 0 Å². The average Bonchev–Trinajstić information content (AvgIpc) is 2.88. The maximum atomic E-state index is 6.01. The summed E-state index contributed by atoms with van der Waals surface area (Å²) in [5.74, 6) is 0.853. The minimum atomic E-state index is 0.390. The molecule has 0 amide bonds. The summed E-state index contributed by atoms with van der Waals surface area (Å²) in [5, 5.41) is 2.19. The molecule has 20 heavy (non-hydrogen) atoms. The summed E-state index contributed by atoms with van der Waals surface area (Å²) in [7, 11) is 0. The van der Waals surface area contributed by atoms with Gasteiger partial charge < -0.3 is 15.4 Å². The summed E-state index contributed by atoms with van der Waals surface area (Å²) in [6, 6.07) is 8.65. The Bertz CT molecular complexity index is 608. The molecule has 1 aliphatic rings. The van der Waals surface area contributed by atoms with Crippen LogP contribution in [-0.2, 0) is 6.42 Å². The normalized spacial score (nSPS) is 17.9. The summed E-state index contributed by atoms with van der Waals surface area (Å²) in [6.07, 6.45) is 1.11. The van der Waals surface area contributed by atoms with Crippen LogP contribution in [0.25, 0.3) is 0 Å². The molecule has 4 heteroatoms. The molecule has 2 aromatic rings. The van der Waals surface area contributed by atoms with Gasteiger partial charge in [0, 0.05) is 34.9 Å². The number of rotatable bonds is 3. The number of ether oxygens (including phenoxy) is 1. The van der Waals surface area contributed by atoms with Crippen LogP contribution >= 0.6 is 11.3 Å². The van der Waals surface area contributed by atoms with Crippen LogP contribution in [0, 0.1) is 0 Å². The summed E-state index contributed by atoms with van der Waals surface area (Å²) in [5.41, 5.74) is 9.37. The number of nitrogens with two attached hydrogens (primary N) is 1. The van der Waals surface area contributed by atoms with Crippen molar-refractivity contribution >= 4 is 22.7 Å². The third-order valence-corrected chi connectivity index (χ3v) is 4.83. The lowest BCUT2D eigenvalue weighted by atomic mass is 10.0. The van der Waals surface area contributed by atoms with Crippen LogP contribution in [0.5, 0.6) is 5.75 Å². The molecule has 0 saturated heterocycles. The molecule has 2 heterocycles. The van der Waals surface area contributed by atoms with E-state index in [1.165, 1.54) is 10.4 Å². The first-order valence-electron chi connectivity index (χ1n) is 7.05. The topological polar surface area (TPSA) is 38.5 Å². The van der Waals surface area contributed by atoms with Gasteiger partial charge in [0.05, 0.1) is 12.6 Å². The van der Waals surface area contributed by atoms with Gasteiger partial charge in [-0.1, -0.05) is 0 Å². The molecule has 1 aromatic carbocycles. The maximum Gasteiger partial charge on any atom is 0.123 e. The monoisotopic (exact) mass is 288 g/mol. The Morgan fingerprint density at radius 2 is 2.25 bits per heavy atom. The number of benzene rings is 1. The van der Waals surface area contributed by atoms with Crippen molar-refractivity contribution in [1.29, 1.82) is 0 Å². The van der Waals surface area contributed by atoms with Crippen LogP contribution in [-0.4, -0.2) is 13.2 Å². The van der Waals surface area contributed by atoms with E-state index in [0.29, 0.717) is 12.6 Å². The van der Waals surface area contributed by atoms with Crippen LogP contribution in [0.3, 0.4) is 0 Å². The molecular weight excluding hydrogens is 268 g/mol. The molecule has 3 rings (SSSR count). The van der Waals surface area contributed by atoms with Gasteiger partial charge in [-0.3, -0.25) is 0 Å². The number of fused-ring (bicyclic) bond motifs is 1.